The van der Waals surface area contributed by atoms with Gasteiger partial charge in [-0.15, -0.1) is 0 Å². The molecular formula is C11H16BrNO5S. The minimum absolute atomic E-state index is 0.121. The molecule has 0 fully saturated rings. The third kappa shape index (κ3) is 4.05. The molecule has 1 heterocycles. The van der Waals surface area contributed by atoms with Crippen molar-refractivity contribution in [3.63, 3.8) is 0 Å². The van der Waals surface area contributed by atoms with Gasteiger partial charge in [-0.1, -0.05) is 13.3 Å². The second kappa shape index (κ2) is 5.64. The smallest absolute Gasteiger partial charge is 0.371 e. The number of sulfonamides is 1. The van der Waals surface area contributed by atoms with Crippen molar-refractivity contribution in [1.29, 1.82) is 0 Å². The SMILES string of the molecule is CCCC(C)(C)NS(=O)(=O)c1cc(C(=O)O)oc1Br. The van der Waals surface area contributed by atoms with E-state index in [-0.39, 0.29) is 9.56 Å². The summed E-state index contributed by atoms with van der Waals surface area (Å²) in [6, 6.07) is 0.983. The van der Waals surface area contributed by atoms with Crippen molar-refractivity contribution in [3.8, 4) is 0 Å². The molecule has 0 saturated carbocycles. The van der Waals surface area contributed by atoms with Crippen molar-refractivity contribution in [3.05, 3.63) is 16.5 Å². The van der Waals surface area contributed by atoms with E-state index in [1.807, 2.05) is 6.92 Å². The van der Waals surface area contributed by atoms with Crippen LogP contribution in [0.15, 0.2) is 20.0 Å². The molecule has 6 nitrogen and oxygen atoms in total. The maximum Gasteiger partial charge on any atom is 0.371 e. The lowest BCUT2D eigenvalue weighted by atomic mass is 10.0. The first kappa shape index (κ1) is 16.2. The first-order chi connectivity index (χ1) is 8.59. The molecule has 1 aromatic heterocycles. The number of aromatic carboxylic acids is 1. The Hall–Kier alpha value is -0.860. The molecule has 0 bridgehead atoms. The number of furan rings is 1. The first-order valence-corrected chi connectivity index (χ1v) is 7.93. The molecule has 0 atom stereocenters. The summed E-state index contributed by atoms with van der Waals surface area (Å²) in [4.78, 5) is 10.5. The molecule has 0 spiro atoms. The molecule has 0 amide bonds. The predicted molar refractivity (Wildman–Crippen MR) is 72.7 cm³/mol. The number of carboxylic acids is 1. The van der Waals surface area contributed by atoms with Crippen LogP contribution in [0.25, 0.3) is 0 Å². The van der Waals surface area contributed by atoms with Gasteiger partial charge in [0.05, 0.1) is 0 Å². The lowest BCUT2D eigenvalue weighted by Crippen LogP contribution is -2.43. The number of rotatable bonds is 6. The second-order valence-electron chi connectivity index (χ2n) is 4.79. The Bertz CT molecular complexity index is 576. The highest BCUT2D eigenvalue weighted by atomic mass is 79.9. The van der Waals surface area contributed by atoms with Crippen LogP contribution >= 0.6 is 15.9 Å². The first-order valence-electron chi connectivity index (χ1n) is 5.65. The number of hydrogen-bond donors (Lipinski definition) is 2. The van der Waals surface area contributed by atoms with Crippen LogP contribution in [0.2, 0.25) is 0 Å². The third-order valence-corrected chi connectivity index (χ3v) is 5.00. The summed E-state index contributed by atoms with van der Waals surface area (Å²) in [5.41, 5.74) is -0.617. The fourth-order valence-corrected chi connectivity index (χ4v) is 4.12. The van der Waals surface area contributed by atoms with Gasteiger partial charge in [0.2, 0.25) is 15.8 Å². The van der Waals surface area contributed by atoms with Crippen LogP contribution in [0.4, 0.5) is 0 Å². The van der Waals surface area contributed by atoms with Gasteiger partial charge in [-0.25, -0.2) is 17.9 Å². The monoisotopic (exact) mass is 353 g/mol. The van der Waals surface area contributed by atoms with Gasteiger partial charge in [-0.3, -0.25) is 0 Å². The summed E-state index contributed by atoms with van der Waals surface area (Å²) < 4.78 is 31.6. The zero-order valence-corrected chi connectivity index (χ0v) is 13.3. The number of hydrogen-bond acceptors (Lipinski definition) is 4. The van der Waals surface area contributed by atoms with Crippen molar-refractivity contribution in [1.82, 2.24) is 4.72 Å². The molecule has 0 aliphatic rings. The van der Waals surface area contributed by atoms with E-state index in [0.717, 1.165) is 12.5 Å². The largest absolute Gasteiger partial charge is 0.475 e. The highest BCUT2D eigenvalue weighted by Gasteiger charge is 2.30. The minimum Gasteiger partial charge on any atom is -0.475 e. The van der Waals surface area contributed by atoms with E-state index >= 15 is 0 Å². The fourth-order valence-electron chi connectivity index (χ4n) is 1.74. The summed E-state index contributed by atoms with van der Waals surface area (Å²) in [6.07, 6.45) is 1.48. The normalized spacial score (nSPS) is 12.6. The molecule has 1 rings (SSSR count). The summed E-state index contributed by atoms with van der Waals surface area (Å²) in [6.45, 7) is 5.48. The van der Waals surface area contributed by atoms with Gasteiger partial charge in [-0.2, -0.15) is 0 Å². The molecule has 108 valence electrons. The maximum atomic E-state index is 12.2. The van der Waals surface area contributed by atoms with E-state index in [1.54, 1.807) is 13.8 Å². The lowest BCUT2D eigenvalue weighted by Gasteiger charge is -2.24. The summed E-state index contributed by atoms with van der Waals surface area (Å²) in [7, 11) is -3.84. The Morgan fingerprint density at radius 1 is 1.53 bits per heavy atom. The van der Waals surface area contributed by atoms with E-state index in [0.29, 0.717) is 6.42 Å². The van der Waals surface area contributed by atoms with Crippen molar-refractivity contribution < 1.29 is 22.7 Å². The van der Waals surface area contributed by atoms with Gasteiger partial charge in [0.1, 0.15) is 4.90 Å². The molecule has 0 aliphatic carbocycles. The average molecular weight is 354 g/mol. The quantitative estimate of drug-likeness (QED) is 0.819. The molecule has 8 heteroatoms. The zero-order chi connectivity index (χ0) is 14.8. The molecule has 0 unspecified atom stereocenters. The number of nitrogens with one attached hydrogen (secondary N) is 1. The average Bonchev–Trinajstić information content (AvgIpc) is 2.59. The molecule has 1 aromatic rings. The van der Waals surface area contributed by atoms with E-state index < -0.39 is 27.3 Å². The Morgan fingerprint density at radius 3 is 2.53 bits per heavy atom. The van der Waals surface area contributed by atoms with Crippen LogP contribution < -0.4 is 4.72 Å². The highest BCUT2D eigenvalue weighted by molar-refractivity contribution is 9.10. The summed E-state index contributed by atoms with van der Waals surface area (Å²) in [5, 5.41) is 8.78. The highest BCUT2D eigenvalue weighted by Crippen LogP contribution is 2.27. The van der Waals surface area contributed by atoms with E-state index in [2.05, 4.69) is 20.7 Å². The van der Waals surface area contributed by atoms with Crippen LogP contribution in [0.5, 0.6) is 0 Å². The molecule has 0 aromatic carbocycles. The molecule has 19 heavy (non-hydrogen) atoms. The van der Waals surface area contributed by atoms with E-state index in [9.17, 15) is 13.2 Å². The predicted octanol–water partition coefficient (Wildman–Crippen LogP) is 2.60. The maximum absolute atomic E-state index is 12.2. The Balaban J connectivity index is 3.11. The Kier molecular flexibility index (Phi) is 4.81. The number of carbonyl (C=O) groups is 1. The van der Waals surface area contributed by atoms with Crippen LogP contribution in [-0.2, 0) is 10.0 Å². The molecule has 0 aliphatic heterocycles. The molecule has 2 N–H and O–H groups in total. The second-order valence-corrected chi connectivity index (χ2v) is 7.16. The third-order valence-electron chi connectivity index (χ3n) is 2.44. The Morgan fingerprint density at radius 2 is 2.11 bits per heavy atom. The van der Waals surface area contributed by atoms with Gasteiger partial charge >= 0.3 is 5.97 Å². The van der Waals surface area contributed by atoms with Crippen LogP contribution in [-0.4, -0.2) is 25.0 Å². The molecule has 0 saturated heterocycles. The van der Waals surface area contributed by atoms with E-state index in [4.69, 9.17) is 9.52 Å². The van der Waals surface area contributed by atoms with Gasteiger partial charge in [0.15, 0.2) is 4.67 Å². The van der Waals surface area contributed by atoms with Crippen molar-refractivity contribution >= 4 is 31.9 Å². The zero-order valence-electron chi connectivity index (χ0n) is 10.9. The van der Waals surface area contributed by atoms with Crippen molar-refractivity contribution in [2.45, 2.75) is 44.0 Å². The Labute approximate surface area is 120 Å². The van der Waals surface area contributed by atoms with Crippen LogP contribution in [0, 0.1) is 0 Å². The van der Waals surface area contributed by atoms with Gasteiger partial charge in [-0.05, 0) is 36.2 Å². The van der Waals surface area contributed by atoms with Gasteiger partial charge in [0, 0.05) is 11.6 Å². The topological polar surface area (TPSA) is 96.6 Å². The van der Waals surface area contributed by atoms with E-state index in [1.165, 1.54) is 0 Å². The standard InChI is InChI=1S/C11H16BrNO5S/c1-4-5-11(2,3)13-19(16,17)8-6-7(10(14)15)18-9(8)12/h6,13H,4-5H2,1-3H3,(H,14,15). The van der Waals surface area contributed by atoms with Crippen LogP contribution in [0.3, 0.4) is 0 Å². The number of halogens is 1. The fraction of sp³-hybridized carbons (Fsp3) is 0.545. The minimum atomic E-state index is -3.84. The van der Waals surface area contributed by atoms with Gasteiger partial charge < -0.3 is 9.52 Å². The summed E-state index contributed by atoms with van der Waals surface area (Å²) >= 11 is 2.92. The molecule has 0 radical (unpaired) electrons. The molecular weight excluding hydrogens is 338 g/mol. The van der Waals surface area contributed by atoms with Crippen molar-refractivity contribution in [2.24, 2.45) is 0 Å². The van der Waals surface area contributed by atoms with Crippen molar-refractivity contribution in [2.75, 3.05) is 0 Å². The number of carboxylic acid groups (broad SMARTS) is 1. The lowest BCUT2D eigenvalue weighted by molar-refractivity contribution is 0.0661. The van der Waals surface area contributed by atoms with Gasteiger partial charge in [0.25, 0.3) is 0 Å². The van der Waals surface area contributed by atoms with Crippen LogP contribution in [0.1, 0.15) is 44.2 Å². The summed E-state index contributed by atoms with van der Waals surface area (Å²) in [5.74, 6) is -1.75.